The number of likely N-dealkylation sites (N-methyl/N-ethyl adjacent to an activating group) is 1. The Morgan fingerprint density at radius 2 is 1.78 bits per heavy atom. The minimum atomic E-state index is -0.322. The third kappa shape index (κ3) is 4.24. The van der Waals surface area contributed by atoms with Gasteiger partial charge in [0.15, 0.2) is 11.5 Å². The maximum atomic E-state index is 13.1. The lowest BCUT2D eigenvalue weighted by atomic mass is 10.0. The number of amides is 2. The Morgan fingerprint density at radius 1 is 1.07 bits per heavy atom. The van der Waals surface area contributed by atoms with Crippen molar-refractivity contribution in [2.24, 2.45) is 0 Å². The summed E-state index contributed by atoms with van der Waals surface area (Å²) < 4.78 is 10.6. The van der Waals surface area contributed by atoms with E-state index < -0.39 is 0 Å². The van der Waals surface area contributed by atoms with Crippen LogP contribution in [-0.2, 0) is 9.59 Å². The predicted molar refractivity (Wildman–Crippen MR) is 102 cm³/mol. The standard InChI is InChI=1S/C20H28N2O5/c1-5-6-7-10-22-19(24)17(18(20(22)25)21(2)11-12-23)14-8-9-15(26-3)16(13-14)27-4/h8-9,13,23H,5-7,10-12H2,1-4H3. The van der Waals surface area contributed by atoms with E-state index in [1.54, 1.807) is 30.1 Å². The SMILES string of the molecule is CCCCCN1C(=O)C(c2ccc(OC)c(OC)c2)=C(N(C)CCO)C1=O. The van der Waals surface area contributed by atoms with Crippen molar-refractivity contribution in [1.82, 2.24) is 9.80 Å². The highest BCUT2D eigenvalue weighted by molar-refractivity contribution is 6.35. The molecule has 0 fully saturated rings. The maximum absolute atomic E-state index is 13.1. The molecule has 0 unspecified atom stereocenters. The van der Waals surface area contributed by atoms with E-state index in [2.05, 4.69) is 6.92 Å². The molecule has 2 amide bonds. The molecule has 1 aliphatic heterocycles. The van der Waals surface area contributed by atoms with Crippen LogP contribution < -0.4 is 9.47 Å². The fraction of sp³-hybridized carbons (Fsp3) is 0.500. The first-order valence-electron chi connectivity index (χ1n) is 9.14. The van der Waals surface area contributed by atoms with E-state index in [1.165, 1.54) is 19.1 Å². The number of ether oxygens (including phenoxy) is 2. The van der Waals surface area contributed by atoms with Crippen LogP contribution in [0, 0.1) is 0 Å². The number of hydrogen-bond acceptors (Lipinski definition) is 6. The van der Waals surface area contributed by atoms with E-state index in [1.807, 2.05) is 0 Å². The molecule has 0 aromatic heterocycles. The van der Waals surface area contributed by atoms with Crippen LogP contribution in [0.25, 0.3) is 5.57 Å². The molecule has 1 heterocycles. The Balaban J connectivity index is 2.49. The minimum Gasteiger partial charge on any atom is -0.493 e. The van der Waals surface area contributed by atoms with Crippen LogP contribution in [0.1, 0.15) is 31.7 Å². The molecule has 0 saturated heterocycles. The van der Waals surface area contributed by atoms with Crippen LogP contribution in [-0.4, -0.2) is 67.7 Å². The molecule has 1 aromatic rings. The molecule has 148 valence electrons. The largest absolute Gasteiger partial charge is 0.493 e. The van der Waals surface area contributed by atoms with Gasteiger partial charge >= 0.3 is 0 Å². The van der Waals surface area contributed by atoms with Crippen molar-refractivity contribution < 1.29 is 24.2 Å². The number of benzene rings is 1. The van der Waals surface area contributed by atoms with Gasteiger partial charge in [-0.25, -0.2) is 0 Å². The van der Waals surface area contributed by atoms with E-state index in [9.17, 15) is 14.7 Å². The van der Waals surface area contributed by atoms with Gasteiger partial charge in [0.25, 0.3) is 11.8 Å². The van der Waals surface area contributed by atoms with Crippen molar-refractivity contribution in [2.45, 2.75) is 26.2 Å². The molecule has 27 heavy (non-hydrogen) atoms. The predicted octanol–water partition coefficient (Wildman–Crippen LogP) is 1.90. The first kappa shape index (κ1) is 20.8. The fourth-order valence-corrected chi connectivity index (χ4v) is 3.15. The molecule has 1 aromatic carbocycles. The normalized spacial score (nSPS) is 14.2. The molecule has 0 radical (unpaired) electrons. The number of rotatable bonds is 10. The highest BCUT2D eigenvalue weighted by atomic mass is 16.5. The van der Waals surface area contributed by atoms with Gasteiger partial charge in [0.05, 0.1) is 26.4 Å². The van der Waals surface area contributed by atoms with Gasteiger partial charge in [-0.15, -0.1) is 0 Å². The van der Waals surface area contributed by atoms with E-state index in [0.717, 1.165) is 19.3 Å². The number of unbranched alkanes of at least 4 members (excludes halogenated alkanes) is 2. The number of imide groups is 1. The number of aliphatic hydroxyl groups excluding tert-OH is 1. The molecule has 0 saturated carbocycles. The van der Waals surface area contributed by atoms with Gasteiger partial charge in [-0.1, -0.05) is 25.8 Å². The van der Waals surface area contributed by atoms with Gasteiger partial charge in [0, 0.05) is 20.1 Å². The number of nitrogens with zero attached hydrogens (tertiary/aromatic N) is 2. The highest BCUT2D eigenvalue weighted by Crippen LogP contribution is 2.36. The number of methoxy groups -OCH3 is 2. The summed E-state index contributed by atoms with van der Waals surface area (Å²) in [5, 5.41) is 9.29. The Kier molecular flexibility index (Phi) is 7.24. The molecule has 7 nitrogen and oxygen atoms in total. The molecule has 1 N–H and O–H groups in total. The molecular formula is C20H28N2O5. The molecule has 0 spiro atoms. The smallest absolute Gasteiger partial charge is 0.277 e. The summed E-state index contributed by atoms with van der Waals surface area (Å²) >= 11 is 0. The zero-order valence-corrected chi connectivity index (χ0v) is 16.4. The molecule has 2 rings (SSSR count). The summed E-state index contributed by atoms with van der Waals surface area (Å²) in [6.45, 7) is 2.60. The van der Waals surface area contributed by atoms with Gasteiger partial charge in [0.1, 0.15) is 5.70 Å². The van der Waals surface area contributed by atoms with E-state index in [4.69, 9.17) is 9.47 Å². The topological polar surface area (TPSA) is 79.3 Å². The quantitative estimate of drug-likeness (QED) is 0.496. The molecule has 1 aliphatic rings. The average Bonchev–Trinajstić information content (AvgIpc) is 2.92. The third-order valence-corrected chi connectivity index (χ3v) is 4.62. The van der Waals surface area contributed by atoms with Crippen LogP contribution in [0.15, 0.2) is 23.9 Å². The van der Waals surface area contributed by atoms with Crippen molar-refractivity contribution in [2.75, 3.05) is 41.0 Å². The maximum Gasteiger partial charge on any atom is 0.277 e. The summed E-state index contributed by atoms with van der Waals surface area (Å²) in [5.74, 6) is 0.389. The van der Waals surface area contributed by atoms with Gasteiger partial charge in [0.2, 0.25) is 0 Å². The first-order valence-corrected chi connectivity index (χ1v) is 9.14. The Morgan fingerprint density at radius 3 is 2.37 bits per heavy atom. The van der Waals surface area contributed by atoms with Crippen molar-refractivity contribution >= 4 is 17.4 Å². The van der Waals surface area contributed by atoms with Crippen LogP contribution in [0.5, 0.6) is 11.5 Å². The van der Waals surface area contributed by atoms with Crippen LogP contribution in [0.2, 0.25) is 0 Å². The van der Waals surface area contributed by atoms with Crippen LogP contribution >= 0.6 is 0 Å². The zero-order chi connectivity index (χ0) is 20.0. The van der Waals surface area contributed by atoms with Crippen LogP contribution in [0.4, 0.5) is 0 Å². The van der Waals surface area contributed by atoms with Gasteiger partial charge < -0.3 is 19.5 Å². The molecule has 7 heteroatoms. The number of carbonyl (C=O) groups is 2. The lowest BCUT2D eigenvalue weighted by Crippen LogP contribution is -2.35. The Labute approximate surface area is 160 Å². The van der Waals surface area contributed by atoms with Crippen molar-refractivity contribution in [3.05, 3.63) is 29.5 Å². The van der Waals surface area contributed by atoms with Gasteiger partial charge in [-0.2, -0.15) is 0 Å². The summed E-state index contributed by atoms with van der Waals surface area (Å²) in [6.07, 6.45) is 2.72. The molecule has 0 bridgehead atoms. The van der Waals surface area contributed by atoms with E-state index in [0.29, 0.717) is 34.9 Å². The third-order valence-electron chi connectivity index (χ3n) is 4.62. The summed E-state index contributed by atoms with van der Waals surface area (Å²) in [6, 6.07) is 5.15. The summed E-state index contributed by atoms with van der Waals surface area (Å²) in [7, 11) is 4.76. The van der Waals surface area contributed by atoms with Crippen molar-refractivity contribution in [3.8, 4) is 11.5 Å². The van der Waals surface area contributed by atoms with E-state index in [-0.39, 0.29) is 25.0 Å². The Bertz CT molecular complexity index is 729. The summed E-state index contributed by atoms with van der Waals surface area (Å²) in [4.78, 5) is 29.0. The number of aliphatic hydroxyl groups is 1. The first-order chi connectivity index (χ1) is 13.0. The lowest BCUT2D eigenvalue weighted by Gasteiger charge is -2.20. The lowest BCUT2D eigenvalue weighted by molar-refractivity contribution is -0.137. The van der Waals surface area contributed by atoms with Gasteiger partial charge in [-0.3, -0.25) is 14.5 Å². The average molecular weight is 376 g/mol. The monoisotopic (exact) mass is 376 g/mol. The minimum absolute atomic E-state index is 0.115. The second-order valence-corrected chi connectivity index (χ2v) is 6.41. The number of hydrogen-bond donors (Lipinski definition) is 1. The summed E-state index contributed by atoms with van der Waals surface area (Å²) in [5.41, 5.74) is 1.22. The van der Waals surface area contributed by atoms with Crippen molar-refractivity contribution in [3.63, 3.8) is 0 Å². The van der Waals surface area contributed by atoms with Crippen molar-refractivity contribution in [1.29, 1.82) is 0 Å². The molecule has 0 atom stereocenters. The molecule has 0 aliphatic carbocycles. The zero-order valence-electron chi connectivity index (χ0n) is 16.4. The van der Waals surface area contributed by atoms with Crippen LogP contribution in [0.3, 0.4) is 0 Å². The van der Waals surface area contributed by atoms with Gasteiger partial charge in [-0.05, 0) is 24.1 Å². The second-order valence-electron chi connectivity index (χ2n) is 6.41. The van der Waals surface area contributed by atoms with E-state index >= 15 is 0 Å². The number of carbonyl (C=O) groups excluding carboxylic acids is 2. The fourth-order valence-electron chi connectivity index (χ4n) is 3.15. The highest BCUT2D eigenvalue weighted by Gasteiger charge is 2.40. The molecular weight excluding hydrogens is 348 g/mol. The Hall–Kier alpha value is -2.54. The second kappa shape index (κ2) is 9.41.